The molecule has 6 nitrogen and oxygen atoms in total. The fourth-order valence-electron chi connectivity index (χ4n) is 3.06. The standard InChI is InChI=1S/C20H30N4O2/c1-2-20(18-22-6-8-24-11-15-26-16-12-24)4-3-19(1)17-21-5-7-23-9-13-25-14-10-23/h1-4,17-18H,5-16H2. The summed E-state index contributed by atoms with van der Waals surface area (Å²) >= 11 is 0. The smallest absolute Gasteiger partial charge is 0.0594 e. The Labute approximate surface area is 156 Å². The van der Waals surface area contributed by atoms with E-state index >= 15 is 0 Å². The second kappa shape index (κ2) is 11.2. The number of hydrogen-bond acceptors (Lipinski definition) is 6. The van der Waals surface area contributed by atoms with Crippen molar-refractivity contribution in [1.82, 2.24) is 9.80 Å². The summed E-state index contributed by atoms with van der Waals surface area (Å²) in [5.41, 5.74) is 2.27. The van der Waals surface area contributed by atoms with Crippen molar-refractivity contribution in [2.45, 2.75) is 0 Å². The van der Waals surface area contributed by atoms with E-state index in [0.29, 0.717) is 0 Å². The molecular formula is C20H30N4O2. The second-order valence-electron chi connectivity index (χ2n) is 6.65. The molecule has 2 fully saturated rings. The first-order valence-corrected chi connectivity index (χ1v) is 9.60. The first kappa shape index (κ1) is 19.2. The maximum absolute atomic E-state index is 5.35. The minimum atomic E-state index is 0.838. The molecule has 1 aromatic rings. The Hall–Kier alpha value is -1.60. The minimum Gasteiger partial charge on any atom is -0.379 e. The molecule has 0 bridgehead atoms. The highest BCUT2D eigenvalue weighted by Crippen LogP contribution is 2.02. The van der Waals surface area contributed by atoms with E-state index in [1.54, 1.807) is 0 Å². The molecule has 0 saturated carbocycles. The Balaban J connectivity index is 1.34. The molecule has 2 heterocycles. The Kier molecular flexibility index (Phi) is 8.25. The molecule has 6 heteroatoms. The van der Waals surface area contributed by atoms with Crippen molar-refractivity contribution in [2.24, 2.45) is 9.98 Å². The van der Waals surface area contributed by atoms with Crippen molar-refractivity contribution < 1.29 is 9.47 Å². The van der Waals surface area contributed by atoms with Crippen LogP contribution in [-0.2, 0) is 9.47 Å². The molecule has 0 aliphatic carbocycles. The number of aliphatic imine (C=N–C) groups is 2. The number of benzene rings is 1. The molecule has 26 heavy (non-hydrogen) atoms. The van der Waals surface area contributed by atoms with Gasteiger partial charge in [0.25, 0.3) is 0 Å². The van der Waals surface area contributed by atoms with Crippen LogP contribution < -0.4 is 0 Å². The maximum Gasteiger partial charge on any atom is 0.0594 e. The van der Waals surface area contributed by atoms with Gasteiger partial charge in [-0.05, 0) is 11.1 Å². The lowest BCUT2D eigenvalue weighted by atomic mass is 10.1. The predicted octanol–water partition coefficient (Wildman–Crippen LogP) is 1.19. The molecule has 0 radical (unpaired) electrons. The van der Waals surface area contributed by atoms with Crippen molar-refractivity contribution >= 4 is 12.4 Å². The topological polar surface area (TPSA) is 49.7 Å². The van der Waals surface area contributed by atoms with Crippen LogP contribution >= 0.6 is 0 Å². The van der Waals surface area contributed by atoms with Crippen LogP contribution in [0.2, 0.25) is 0 Å². The van der Waals surface area contributed by atoms with Crippen LogP contribution in [0.5, 0.6) is 0 Å². The summed E-state index contributed by atoms with van der Waals surface area (Å²) in [5, 5.41) is 0. The Morgan fingerprint density at radius 2 is 1.08 bits per heavy atom. The Morgan fingerprint density at radius 1 is 0.692 bits per heavy atom. The molecule has 0 amide bonds. The van der Waals surface area contributed by atoms with E-state index in [-0.39, 0.29) is 0 Å². The third kappa shape index (κ3) is 6.96. The second-order valence-corrected chi connectivity index (χ2v) is 6.65. The number of nitrogens with zero attached hydrogens (tertiary/aromatic N) is 4. The molecule has 0 N–H and O–H groups in total. The molecule has 3 rings (SSSR count). The van der Waals surface area contributed by atoms with Gasteiger partial charge in [0, 0.05) is 51.7 Å². The molecule has 0 atom stereocenters. The van der Waals surface area contributed by atoms with Crippen molar-refractivity contribution in [3.63, 3.8) is 0 Å². The lowest BCUT2D eigenvalue weighted by Gasteiger charge is -2.25. The van der Waals surface area contributed by atoms with Gasteiger partial charge in [0.05, 0.1) is 39.5 Å². The molecular weight excluding hydrogens is 328 g/mol. The summed E-state index contributed by atoms with van der Waals surface area (Å²) in [6.45, 7) is 11.2. The van der Waals surface area contributed by atoms with Crippen LogP contribution in [0.4, 0.5) is 0 Å². The zero-order valence-corrected chi connectivity index (χ0v) is 15.6. The SMILES string of the molecule is C(=NCCN1CCOCC1)c1ccc(C=NCCN2CCOCC2)cc1. The van der Waals surface area contributed by atoms with Crippen LogP contribution in [0, 0.1) is 0 Å². The number of morpholine rings is 2. The van der Waals surface area contributed by atoms with E-state index in [4.69, 9.17) is 9.47 Å². The quantitative estimate of drug-likeness (QED) is 0.655. The Bertz CT molecular complexity index is 511. The highest BCUT2D eigenvalue weighted by molar-refractivity contribution is 5.84. The van der Waals surface area contributed by atoms with Crippen molar-refractivity contribution in [3.05, 3.63) is 35.4 Å². The maximum atomic E-state index is 5.35. The van der Waals surface area contributed by atoms with Gasteiger partial charge < -0.3 is 9.47 Å². The number of rotatable bonds is 8. The minimum absolute atomic E-state index is 0.838. The van der Waals surface area contributed by atoms with Crippen LogP contribution in [0.3, 0.4) is 0 Å². The molecule has 0 spiro atoms. The van der Waals surface area contributed by atoms with Crippen LogP contribution in [0.25, 0.3) is 0 Å². The summed E-state index contributed by atoms with van der Waals surface area (Å²) in [6.07, 6.45) is 3.92. The van der Waals surface area contributed by atoms with Gasteiger partial charge in [-0.2, -0.15) is 0 Å². The van der Waals surface area contributed by atoms with E-state index < -0.39 is 0 Å². The summed E-state index contributed by atoms with van der Waals surface area (Å²) in [6, 6.07) is 8.40. The van der Waals surface area contributed by atoms with Gasteiger partial charge >= 0.3 is 0 Å². The van der Waals surface area contributed by atoms with Gasteiger partial charge in [-0.25, -0.2) is 0 Å². The van der Waals surface area contributed by atoms with E-state index in [9.17, 15) is 0 Å². The fraction of sp³-hybridized carbons (Fsp3) is 0.600. The highest BCUT2D eigenvalue weighted by atomic mass is 16.5. The number of ether oxygens (including phenoxy) is 2. The van der Waals surface area contributed by atoms with Crippen LogP contribution in [0.1, 0.15) is 11.1 Å². The monoisotopic (exact) mass is 358 g/mol. The number of hydrogen-bond donors (Lipinski definition) is 0. The Morgan fingerprint density at radius 3 is 1.46 bits per heavy atom. The van der Waals surface area contributed by atoms with Gasteiger partial charge in [-0.15, -0.1) is 0 Å². The zero-order chi connectivity index (χ0) is 17.9. The van der Waals surface area contributed by atoms with Gasteiger partial charge in [-0.1, -0.05) is 24.3 Å². The van der Waals surface area contributed by atoms with Gasteiger partial charge in [-0.3, -0.25) is 19.8 Å². The summed E-state index contributed by atoms with van der Waals surface area (Å²) in [4.78, 5) is 13.9. The molecule has 0 aromatic heterocycles. The molecule has 2 aliphatic heterocycles. The van der Waals surface area contributed by atoms with Gasteiger partial charge in [0.15, 0.2) is 0 Å². The van der Waals surface area contributed by atoms with Crippen LogP contribution in [-0.4, -0.2) is 101 Å². The predicted molar refractivity (Wildman–Crippen MR) is 106 cm³/mol. The van der Waals surface area contributed by atoms with Gasteiger partial charge in [0.1, 0.15) is 0 Å². The lowest BCUT2D eigenvalue weighted by molar-refractivity contribution is 0.0394. The van der Waals surface area contributed by atoms with Gasteiger partial charge in [0.2, 0.25) is 0 Å². The van der Waals surface area contributed by atoms with E-state index in [1.807, 2.05) is 12.4 Å². The summed E-state index contributed by atoms with van der Waals surface area (Å²) in [7, 11) is 0. The lowest BCUT2D eigenvalue weighted by Crippen LogP contribution is -2.37. The highest BCUT2D eigenvalue weighted by Gasteiger charge is 2.09. The van der Waals surface area contributed by atoms with Crippen LogP contribution in [0.15, 0.2) is 34.3 Å². The van der Waals surface area contributed by atoms with Crippen molar-refractivity contribution in [1.29, 1.82) is 0 Å². The van der Waals surface area contributed by atoms with Crippen molar-refractivity contribution in [2.75, 3.05) is 78.8 Å². The normalized spacial score (nSPS) is 20.3. The first-order chi connectivity index (χ1) is 12.9. The summed E-state index contributed by atoms with van der Waals surface area (Å²) < 4.78 is 10.7. The third-order valence-electron chi connectivity index (χ3n) is 4.72. The summed E-state index contributed by atoms with van der Waals surface area (Å²) in [5.74, 6) is 0. The largest absolute Gasteiger partial charge is 0.379 e. The average molecular weight is 358 g/mol. The molecule has 2 saturated heterocycles. The fourth-order valence-corrected chi connectivity index (χ4v) is 3.06. The molecule has 1 aromatic carbocycles. The molecule has 2 aliphatic rings. The van der Waals surface area contributed by atoms with E-state index in [1.165, 1.54) is 0 Å². The zero-order valence-electron chi connectivity index (χ0n) is 15.6. The van der Waals surface area contributed by atoms with Crippen molar-refractivity contribution in [3.8, 4) is 0 Å². The third-order valence-corrected chi connectivity index (χ3v) is 4.72. The molecule has 142 valence electrons. The molecule has 0 unspecified atom stereocenters. The van der Waals surface area contributed by atoms with E-state index in [2.05, 4.69) is 44.1 Å². The van der Waals surface area contributed by atoms with E-state index in [0.717, 1.165) is 89.9 Å². The average Bonchev–Trinajstić information content (AvgIpc) is 2.71. The first-order valence-electron chi connectivity index (χ1n) is 9.60.